The number of alkyl halides is 3. The summed E-state index contributed by atoms with van der Waals surface area (Å²) in [6, 6.07) is 3.94. The van der Waals surface area contributed by atoms with Crippen molar-refractivity contribution in [3.8, 4) is 6.07 Å². The molecule has 0 radical (unpaired) electrons. The van der Waals surface area contributed by atoms with Crippen LogP contribution in [0, 0.1) is 11.3 Å². The van der Waals surface area contributed by atoms with Crippen LogP contribution in [-0.4, -0.2) is 35.6 Å². The van der Waals surface area contributed by atoms with E-state index in [4.69, 9.17) is 5.26 Å². The Morgan fingerprint density at radius 1 is 1.38 bits per heavy atom. The SMILES string of the molecule is CCN1CCC(Nc2nc(C(F)(F)F)ccc2C#N)CC1. The van der Waals surface area contributed by atoms with Gasteiger partial charge in [0, 0.05) is 19.1 Å². The molecular weight excluding hydrogens is 281 g/mol. The number of piperidine rings is 1. The largest absolute Gasteiger partial charge is 0.433 e. The number of pyridine rings is 1. The third-order valence-corrected chi connectivity index (χ3v) is 3.68. The maximum Gasteiger partial charge on any atom is 0.433 e. The predicted octanol–water partition coefficient (Wildman–Crippen LogP) is 2.87. The Bertz CT molecular complexity index is 528. The molecule has 0 spiro atoms. The van der Waals surface area contributed by atoms with Crippen LogP contribution in [0.3, 0.4) is 0 Å². The van der Waals surface area contributed by atoms with Crippen LogP contribution in [0.25, 0.3) is 0 Å². The standard InChI is InChI=1S/C14H17F3N4/c1-2-21-7-5-11(6-8-21)19-13-10(9-18)3-4-12(20-13)14(15,16)17/h3-4,11H,2,5-8H2,1H3,(H,19,20). The summed E-state index contributed by atoms with van der Waals surface area (Å²) >= 11 is 0. The van der Waals surface area contributed by atoms with E-state index in [-0.39, 0.29) is 17.4 Å². The molecule has 114 valence electrons. The fraction of sp³-hybridized carbons (Fsp3) is 0.571. The molecular formula is C14H17F3N4. The fourth-order valence-electron chi connectivity index (χ4n) is 2.40. The Kier molecular flexibility index (Phi) is 4.68. The molecule has 1 aromatic rings. The van der Waals surface area contributed by atoms with Crippen LogP contribution in [-0.2, 0) is 6.18 Å². The molecule has 4 nitrogen and oxygen atoms in total. The van der Waals surface area contributed by atoms with Crippen LogP contribution < -0.4 is 5.32 Å². The van der Waals surface area contributed by atoms with Crippen molar-refractivity contribution in [3.63, 3.8) is 0 Å². The molecule has 0 unspecified atom stereocenters. The summed E-state index contributed by atoms with van der Waals surface area (Å²) in [6.07, 6.45) is -2.84. The Balaban J connectivity index is 2.13. The monoisotopic (exact) mass is 298 g/mol. The number of hydrogen-bond acceptors (Lipinski definition) is 4. The van der Waals surface area contributed by atoms with Crippen LogP contribution in [0.2, 0.25) is 0 Å². The zero-order chi connectivity index (χ0) is 15.5. The third kappa shape index (κ3) is 3.85. The maximum atomic E-state index is 12.7. The minimum absolute atomic E-state index is 0.0299. The van der Waals surface area contributed by atoms with Gasteiger partial charge in [-0.05, 0) is 31.5 Å². The van der Waals surface area contributed by atoms with Crippen LogP contribution in [0.1, 0.15) is 31.0 Å². The lowest BCUT2D eigenvalue weighted by atomic mass is 10.0. The van der Waals surface area contributed by atoms with E-state index in [0.29, 0.717) is 0 Å². The first kappa shape index (κ1) is 15.6. The molecule has 2 rings (SSSR count). The molecule has 0 saturated carbocycles. The molecule has 2 heterocycles. The Morgan fingerprint density at radius 3 is 2.57 bits per heavy atom. The van der Waals surface area contributed by atoms with Crippen LogP contribution in [0.5, 0.6) is 0 Å². The van der Waals surface area contributed by atoms with Gasteiger partial charge in [0.05, 0.1) is 5.56 Å². The summed E-state index contributed by atoms with van der Waals surface area (Å²) in [6.45, 7) is 4.85. The zero-order valence-corrected chi connectivity index (χ0v) is 11.7. The molecule has 0 atom stereocenters. The van der Waals surface area contributed by atoms with Gasteiger partial charge in [0.2, 0.25) is 0 Å². The molecule has 0 amide bonds. The number of anilines is 1. The van der Waals surface area contributed by atoms with Gasteiger partial charge in [0.1, 0.15) is 17.6 Å². The summed E-state index contributed by atoms with van der Waals surface area (Å²) in [5.41, 5.74) is -0.837. The van der Waals surface area contributed by atoms with Crippen molar-refractivity contribution >= 4 is 5.82 Å². The van der Waals surface area contributed by atoms with E-state index < -0.39 is 11.9 Å². The second-order valence-corrected chi connectivity index (χ2v) is 5.06. The molecule has 0 aliphatic carbocycles. The lowest BCUT2D eigenvalue weighted by molar-refractivity contribution is -0.141. The number of nitriles is 1. The normalized spacial score (nSPS) is 17.5. The highest BCUT2D eigenvalue weighted by Gasteiger charge is 2.33. The van der Waals surface area contributed by atoms with Gasteiger partial charge in [0.25, 0.3) is 0 Å². The highest BCUT2D eigenvalue weighted by atomic mass is 19.4. The number of nitrogens with one attached hydrogen (secondary N) is 1. The van der Waals surface area contributed by atoms with Crippen molar-refractivity contribution in [1.29, 1.82) is 5.26 Å². The van der Waals surface area contributed by atoms with Crippen molar-refractivity contribution in [2.24, 2.45) is 0 Å². The number of halogens is 3. The molecule has 1 aliphatic rings. The summed E-state index contributed by atoms with van der Waals surface area (Å²) in [5.74, 6) is 0.0299. The van der Waals surface area contributed by atoms with Crippen LogP contribution >= 0.6 is 0 Å². The summed E-state index contributed by atoms with van der Waals surface area (Å²) in [7, 11) is 0. The first-order valence-corrected chi connectivity index (χ1v) is 6.91. The first-order chi connectivity index (χ1) is 9.94. The summed E-state index contributed by atoms with van der Waals surface area (Å²) in [4.78, 5) is 5.86. The minimum Gasteiger partial charge on any atom is -0.366 e. The van der Waals surface area contributed by atoms with Crippen LogP contribution in [0.4, 0.5) is 19.0 Å². The van der Waals surface area contributed by atoms with E-state index in [2.05, 4.69) is 22.1 Å². The van der Waals surface area contributed by atoms with Gasteiger partial charge in [-0.3, -0.25) is 0 Å². The highest BCUT2D eigenvalue weighted by molar-refractivity contribution is 5.53. The van der Waals surface area contributed by atoms with Crippen molar-refractivity contribution < 1.29 is 13.2 Å². The van der Waals surface area contributed by atoms with Gasteiger partial charge in [-0.15, -0.1) is 0 Å². The molecule has 7 heteroatoms. The highest BCUT2D eigenvalue weighted by Crippen LogP contribution is 2.30. The van der Waals surface area contributed by atoms with E-state index in [9.17, 15) is 13.2 Å². The Morgan fingerprint density at radius 2 is 2.05 bits per heavy atom. The van der Waals surface area contributed by atoms with Gasteiger partial charge in [-0.2, -0.15) is 18.4 Å². The Labute approximate surface area is 121 Å². The average Bonchev–Trinajstić information content (AvgIpc) is 2.47. The molecule has 1 aliphatic heterocycles. The topological polar surface area (TPSA) is 52.0 Å². The lowest BCUT2D eigenvalue weighted by Gasteiger charge is -2.31. The van der Waals surface area contributed by atoms with Gasteiger partial charge in [0.15, 0.2) is 0 Å². The molecule has 0 bridgehead atoms. The van der Waals surface area contributed by atoms with Gasteiger partial charge < -0.3 is 10.2 Å². The second-order valence-electron chi connectivity index (χ2n) is 5.06. The van der Waals surface area contributed by atoms with E-state index in [1.54, 1.807) is 0 Å². The average molecular weight is 298 g/mol. The van der Waals surface area contributed by atoms with Gasteiger partial charge in [-0.1, -0.05) is 6.92 Å². The van der Waals surface area contributed by atoms with Crippen molar-refractivity contribution in [1.82, 2.24) is 9.88 Å². The number of likely N-dealkylation sites (tertiary alicyclic amines) is 1. The maximum absolute atomic E-state index is 12.7. The van der Waals surface area contributed by atoms with Crippen LogP contribution in [0.15, 0.2) is 12.1 Å². The first-order valence-electron chi connectivity index (χ1n) is 6.91. The quantitative estimate of drug-likeness (QED) is 0.932. The molecule has 1 fully saturated rings. The van der Waals surface area contributed by atoms with E-state index >= 15 is 0 Å². The fourth-order valence-corrected chi connectivity index (χ4v) is 2.40. The van der Waals surface area contributed by atoms with Gasteiger partial charge >= 0.3 is 6.18 Å². The zero-order valence-electron chi connectivity index (χ0n) is 11.7. The molecule has 1 aromatic heterocycles. The summed E-state index contributed by atoms with van der Waals surface area (Å²) < 4.78 is 38.1. The summed E-state index contributed by atoms with van der Waals surface area (Å²) in [5, 5.41) is 12.0. The number of nitrogens with zero attached hydrogens (tertiary/aromatic N) is 3. The lowest BCUT2D eigenvalue weighted by Crippen LogP contribution is -2.39. The molecule has 1 N–H and O–H groups in total. The predicted molar refractivity (Wildman–Crippen MR) is 72.7 cm³/mol. The molecule has 0 aromatic carbocycles. The van der Waals surface area contributed by atoms with E-state index in [0.717, 1.165) is 38.5 Å². The van der Waals surface area contributed by atoms with Crippen molar-refractivity contribution in [3.05, 3.63) is 23.4 Å². The molecule has 1 saturated heterocycles. The smallest absolute Gasteiger partial charge is 0.366 e. The van der Waals surface area contributed by atoms with E-state index in [1.165, 1.54) is 6.07 Å². The van der Waals surface area contributed by atoms with Gasteiger partial charge in [-0.25, -0.2) is 4.98 Å². The Hall–Kier alpha value is -1.81. The third-order valence-electron chi connectivity index (χ3n) is 3.68. The van der Waals surface area contributed by atoms with E-state index in [1.807, 2.05) is 6.07 Å². The minimum atomic E-state index is -4.50. The van der Waals surface area contributed by atoms with Crippen molar-refractivity contribution in [2.45, 2.75) is 32.0 Å². The van der Waals surface area contributed by atoms with Crippen molar-refractivity contribution in [2.75, 3.05) is 25.0 Å². The number of aromatic nitrogens is 1. The second kappa shape index (κ2) is 6.31. The number of hydrogen-bond donors (Lipinski definition) is 1. The number of rotatable bonds is 3. The molecule has 21 heavy (non-hydrogen) atoms.